The molecule has 102 valence electrons. The molecule has 2 heterocycles. The molecule has 1 aromatic carbocycles. The summed E-state index contributed by atoms with van der Waals surface area (Å²) in [6.45, 7) is 0. The fourth-order valence-electron chi connectivity index (χ4n) is 2.39. The van der Waals surface area contributed by atoms with E-state index in [1.54, 1.807) is 42.2 Å². The van der Waals surface area contributed by atoms with E-state index in [2.05, 4.69) is 4.98 Å². The Morgan fingerprint density at radius 3 is 2.50 bits per heavy atom. The maximum absolute atomic E-state index is 13.1. The molecule has 0 aliphatic rings. The Bertz CT molecular complexity index is 772. The van der Waals surface area contributed by atoms with Crippen molar-refractivity contribution in [2.24, 2.45) is 7.05 Å². The van der Waals surface area contributed by atoms with Crippen LogP contribution in [0.15, 0.2) is 48.8 Å². The van der Waals surface area contributed by atoms with Crippen LogP contribution in [0.25, 0.3) is 22.2 Å². The largest absolute Gasteiger partial charge is 0.417 e. The summed E-state index contributed by atoms with van der Waals surface area (Å²) in [5.74, 6) is 0. The van der Waals surface area contributed by atoms with E-state index in [1.165, 1.54) is 12.1 Å². The topological polar surface area (TPSA) is 17.8 Å². The summed E-state index contributed by atoms with van der Waals surface area (Å²) in [5, 5.41) is 0.715. The molecule has 20 heavy (non-hydrogen) atoms. The van der Waals surface area contributed by atoms with Gasteiger partial charge in [0.25, 0.3) is 0 Å². The van der Waals surface area contributed by atoms with Crippen LogP contribution in [0.3, 0.4) is 0 Å². The molecule has 0 aliphatic heterocycles. The maximum atomic E-state index is 13.1. The van der Waals surface area contributed by atoms with Crippen molar-refractivity contribution in [2.75, 3.05) is 0 Å². The van der Waals surface area contributed by atoms with Gasteiger partial charge in [0.15, 0.2) is 0 Å². The van der Waals surface area contributed by atoms with Gasteiger partial charge in [-0.05, 0) is 23.8 Å². The first-order valence-electron chi connectivity index (χ1n) is 6.05. The molecule has 0 saturated carbocycles. The summed E-state index contributed by atoms with van der Waals surface area (Å²) in [6.07, 6.45) is -1.06. The summed E-state index contributed by atoms with van der Waals surface area (Å²) in [5.41, 5.74) is 0.762. The lowest BCUT2D eigenvalue weighted by Gasteiger charge is -2.11. The highest BCUT2D eigenvalue weighted by atomic mass is 19.4. The second-order valence-electron chi connectivity index (χ2n) is 4.57. The van der Waals surface area contributed by atoms with E-state index in [4.69, 9.17) is 0 Å². The van der Waals surface area contributed by atoms with Gasteiger partial charge in [-0.3, -0.25) is 0 Å². The van der Waals surface area contributed by atoms with Crippen LogP contribution in [-0.2, 0) is 13.2 Å². The van der Waals surface area contributed by atoms with Crippen molar-refractivity contribution in [3.63, 3.8) is 0 Å². The van der Waals surface area contributed by atoms with Gasteiger partial charge in [-0.25, -0.2) is 4.98 Å². The van der Waals surface area contributed by atoms with Crippen molar-refractivity contribution in [1.82, 2.24) is 9.55 Å². The normalized spacial score (nSPS) is 12.0. The highest BCUT2D eigenvalue weighted by Crippen LogP contribution is 2.39. The Hall–Kier alpha value is -2.30. The minimum atomic E-state index is -4.37. The molecule has 3 rings (SSSR count). The van der Waals surface area contributed by atoms with Gasteiger partial charge < -0.3 is 4.57 Å². The zero-order valence-electron chi connectivity index (χ0n) is 10.6. The molecule has 0 radical (unpaired) electrons. The summed E-state index contributed by atoms with van der Waals surface area (Å²) in [7, 11) is 1.77. The van der Waals surface area contributed by atoms with Crippen molar-refractivity contribution in [3.05, 3.63) is 54.4 Å². The van der Waals surface area contributed by atoms with E-state index in [9.17, 15) is 13.2 Å². The number of aryl methyl sites for hydroxylation is 1. The lowest BCUT2D eigenvalue weighted by Crippen LogP contribution is -2.06. The third-order valence-electron chi connectivity index (χ3n) is 3.26. The molecule has 0 N–H and O–H groups in total. The Morgan fingerprint density at radius 2 is 1.75 bits per heavy atom. The molecule has 0 spiro atoms. The van der Waals surface area contributed by atoms with E-state index in [-0.39, 0.29) is 5.56 Å². The smallest absolute Gasteiger partial charge is 0.335 e. The molecular formula is C15H11F3N2. The number of benzene rings is 1. The number of nitrogens with zero attached hydrogens (tertiary/aromatic N) is 2. The van der Waals surface area contributed by atoms with E-state index in [0.29, 0.717) is 16.6 Å². The van der Waals surface area contributed by atoms with Gasteiger partial charge in [0, 0.05) is 30.4 Å². The molecule has 0 unspecified atom stereocenters. The Morgan fingerprint density at radius 1 is 1.00 bits per heavy atom. The van der Waals surface area contributed by atoms with E-state index >= 15 is 0 Å². The fourth-order valence-corrected chi connectivity index (χ4v) is 2.39. The van der Waals surface area contributed by atoms with Crippen molar-refractivity contribution in [1.29, 1.82) is 0 Å². The standard InChI is InChI=1S/C15H11F3N2/c1-20-9-12(11-6-4-8-19-14(11)20)10-5-2-3-7-13(10)15(16,17)18/h2-9H,1H3. The lowest BCUT2D eigenvalue weighted by atomic mass is 9.99. The monoisotopic (exact) mass is 276 g/mol. The number of fused-ring (bicyclic) bond motifs is 1. The molecule has 0 amide bonds. The summed E-state index contributed by atoms with van der Waals surface area (Å²) >= 11 is 0. The van der Waals surface area contributed by atoms with Gasteiger partial charge in [-0.2, -0.15) is 13.2 Å². The van der Waals surface area contributed by atoms with Crippen LogP contribution >= 0.6 is 0 Å². The van der Waals surface area contributed by atoms with Crippen molar-refractivity contribution in [2.45, 2.75) is 6.18 Å². The van der Waals surface area contributed by atoms with Gasteiger partial charge >= 0.3 is 6.18 Å². The first kappa shape index (κ1) is 12.7. The van der Waals surface area contributed by atoms with Crippen LogP contribution in [0, 0.1) is 0 Å². The predicted octanol–water partition coefficient (Wildman–Crippen LogP) is 4.26. The number of rotatable bonds is 1. The van der Waals surface area contributed by atoms with Crippen molar-refractivity contribution in [3.8, 4) is 11.1 Å². The zero-order valence-corrected chi connectivity index (χ0v) is 10.6. The Balaban J connectivity index is 2.33. The zero-order chi connectivity index (χ0) is 14.3. The second kappa shape index (κ2) is 4.37. The predicted molar refractivity (Wildman–Crippen MR) is 71.2 cm³/mol. The summed E-state index contributed by atoms with van der Waals surface area (Å²) in [6, 6.07) is 9.11. The van der Waals surface area contributed by atoms with Gasteiger partial charge in [-0.1, -0.05) is 18.2 Å². The number of hydrogen-bond acceptors (Lipinski definition) is 1. The van der Waals surface area contributed by atoms with E-state index in [0.717, 1.165) is 6.07 Å². The first-order valence-corrected chi connectivity index (χ1v) is 6.05. The summed E-state index contributed by atoms with van der Waals surface area (Å²) in [4.78, 5) is 4.20. The highest BCUT2D eigenvalue weighted by molar-refractivity contribution is 5.94. The minimum absolute atomic E-state index is 0.179. The molecular weight excluding hydrogens is 265 g/mol. The fraction of sp³-hybridized carbons (Fsp3) is 0.133. The van der Waals surface area contributed by atoms with Crippen LogP contribution in [0.1, 0.15) is 5.56 Å². The van der Waals surface area contributed by atoms with Crippen LogP contribution in [0.2, 0.25) is 0 Å². The number of hydrogen-bond donors (Lipinski definition) is 0. The third-order valence-corrected chi connectivity index (χ3v) is 3.26. The van der Waals surface area contributed by atoms with Gasteiger partial charge in [0.1, 0.15) is 5.65 Å². The first-order chi connectivity index (χ1) is 9.48. The molecule has 5 heteroatoms. The molecule has 0 bridgehead atoms. The van der Waals surface area contributed by atoms with Gasteiger partial charge in [0.05, 0.1) is 5.56 Å². The molecule has 0 fully saturated rings. The van der Waals surface area contributed by atoms with Crippen LogP contribution < -0.4 is 0 Å². The molecule has 3 aromatic rings. The SMILES string of the molecule is Cn1cc(-c2ccccc2C(F)(F)F)c2cccnc21. The number of halogens is 3. The van der Waals surface area contributed by atoms with Crippen LogP contribution in [-0.4, -0.2) is 9.55 Å². The van der Waals surface area contributed by atoms with Crippen LogP contribution in [0.5, 0.6) is 0 Å². The highest BCUT2D eigenvalue weighted by Gasteiger charge is 2.33. The van der Waals surface area contributed by atoms with Gasteiger partial charge in [0.2, 0.25) is 0 Å². The Labute approximate surface area is 113 Å². The minimum Gasteiger partial charge on any atom is -0.335 e. The average molecular weight is 276 g/mol. The van der Waals surface area contributed by atoms with E-state index < -0.39 is 11.7 Å². The maximum Gasteiger partial charge on any atom is 0.417 e. The molecule has 0 aliphatic carbocycles. The number of aromatic nitrogens is 2. The average Bonchev–Trinajstić information content (AvgIpc) is 2.76. The second-order valence-corrected chi connectivity index (χ2v) is 4.57. The van der Waals surface area contributed by atoms with Crippen LogP contribution in [0.4, 0.5) is 13.2 Å². The molecule has 0 saturated heterocycles. The molecule has 2 aromatic heterocycles. The molecule has 2 nitrogen and oxygen atoms in total. The number of alkyl halides is 3. The summed E-state index contributed by atoms with van der Waals surface area (Å²) < 4.78 is 41.1. The van der Waals surface area contributed by atoms with E-state index in [1.807, 2.05) is 0 Å². The van der Waals surface area contributed by atoms with Crippen molar-refractivity contribution < 1.29 is 13.2 Å². The molecule has 0 atom stereocenters. The third kappa shape index (κ3) is 1.95. The Kier molecular flexibility index (Phi) is 2.78. The quantitative estimate of drug-likeness (QED) is 0.649. The van der Waals surface area contributed by atoms with Gasteiger partial charge in [-0.15, -0.1) is 0 Å². The number of pyridine rings is 1. The van der Waals surface area contributed by atoms with Crippen molar-refractivity contribution >= 4 is 11.0 Å². The lowest BCUT2D eigenvalue weighted by molar-refractivity contribution is -0.137.